The lowest BCUT2D eigenvalue weighted by molar-refractivity contribution is -0.0954. The summed E-state index contributed by atoms with van der Waals surface area (Å²) in [5, 5.41) is 4.30. The molecule has 0 N–H and O–H groups in total. The maximum absolute atomic E-state index is 13.3. The molecule has 2 aromatic heterocycles. The van der Waals surface area contributed by atoms with E-state index < -0.39 is 0 Å². The number of nitrogens with zero attached hydrogens (tertiary/aromatic N) is 4. The third kappa shape index (κ3) is 2.90. The number of morpholine rings is 1. The number of imidazole rings is 1. The van der Waals surface area contributed by atoms with Gasteiger partial charge in [0.2, 0.25) is 0 Å². The van der Waals surface area contributed by atoms with E-state index in [1.807, 2.05) is 47.1 Å². The highest BCUT2D eigenvalue weighted by Crippen LogP contribution is 2.29. The fourth-order valence-corrected chi connectivity index (χ4v) is 3.55. The van der Waals surface area contributed by atoms with E-state index >= 15 is 0 Å². The molecule has 1 amide bonds. The molecule has 136 valence electrons. The summed E-state index contributed by atoms with van der Waals surface area (Å²) < 4.78 is 9.97. The smallest absolute Gasteiger partial charge is 0.259 e. The molecule has 3 aromatic rings. The van der Waals surface area contributed by atoms with E-state index in [0.717, 1.165) is 11.2 Å². The largest absolute Gasteiger partial charge is 0.366 e. The fraction of sp³-hybridized carbons (Fsp3) is 0.400. The van der Waals surface area contributed by atoms with Crippen molar-refractivity contribution < 1.29 is 9.53 Å². The molecule has 26 heavy (non-hydrogen) atoms. The molecule has 0 aliphatic carbocycles. The van der Waals surface area contributed by atoms with Crippen molar-refractivity contribution in [2.24, 2.45) is 13.0 Å². The van der Waals surface area contributed by atoms with Gasteiger partial charge in [0, 0.05) is 26.0 Å². The minimum absolute atomic E-state index is 0.0108. The number of aryl methyl sites for hydroxylation is 1. The van der Waals surface area contributed by atoms with Gasteiger partial charge in [0.05, 0.1) is 18.8 Å². The number of carbonyl (C=O) groups is 1. The highest BCUT2D eigenvalue weighted by Gasteiger charge is 2.34. The molecule has 1 saturated heterocycles. The van der Waals surface area contributed by atoms with E-state index in [1.54, 1.807) is 10.7 Å². The number of amides is 1. The molecule has 0 unspecified atom stereocenters. The maximum Gasteiger partial charge on any atom is 0.259 e. The highest BCUT2D eigenvalue weighted by atomic mass is 16.5. The molecular formula is C20H24N4O2. The lowest BCUT2D eigenvalue weighted by atomic mass is 10.0. The molecule has 0 saturated carbocycles. The number of fused-ring (bicyclic) bond motifs is 1. The second-order valence-corrected chi connectivity index (χ2v) is 7.26. The first-order valence-corrected chi connectivity index (χ1v) is 9.03. The number of ether oxygens (including phenoxy) is 1. The van der Waals surface area contributed by atoms with Crippen LogP contribution in [0.5, 0.6) is 0 Å². The zero-order chi connectivity index (χ0) is 18.3. The zero-order valence-corrected chi connectivity index (χ0v) is 15.4. The summed E-state index contributed by atoms with van der Waals surface area (Å²) in [4.78, 5) is 15.2. The monoisotopic (exact) mass is 352 g/mol. The summed E-state index contributed by atoms with van der Waals surface area (Å²) in [5.41, 5.74) is 2.56. The number of hydrogen-bond donors (Lipinski definition) is 0. The Balaban J connectivity index is 1.65. The van der Waals surface area contributed by atoms with Crippen molar-refractivity contribution in [2.75, 3.05) is 13.1 Å². The number of hydrogen-bond acceptors (Lipinski definition) is 3. The van der Waals surface area contributed by atoms with Crippen molar-refractivity contribution in [2.45, 2.75) is 26.1 Å². The fourth-order valence-electron chi connectivity index (χ4n) is 3.55. The van der Waals surface area contributed by atoms with Crippen molar-refractivity contribution in [1.29, 1.82) is 0 Å². The second kappa shape index (κ2) is 6.61. The molecule has 1 aromatic carbocycles. The standard InChI is InChI=1S/C20H24N4O2/c1-14(2)17-12-23(13-18(26-17)15-7-5-4-6-8-15)20(25)16-11-21-24-10-9-22(3)19(16)24/h4-11,14,17-18H,12-13H2,1-3H3/t17-,18+/m1/s1. The summed E-state index contributed by atoms with van der Waals surface area (Å²) in [7, 11) is 1.93. The summed E-state index contributed by atoms with van der Waals surface area (Å²) >= 11 is 0. The van der Waals surface area contributed by atoms with Crippen molar-refractivity contribution in [3.63, 3.8) is 0 Å². The molecule has 0 bridgehead atoms. The first kappa shape index (κ1) is 16.8. The normalized spacial score (nSPS) is 20.8. The quantitative estimate of drug-likeness (QED) is 0.728. The van der Waals surface area contributed by atoms with Gasteiger partial charge in [0.25, 0.3) is 5.91 Å². The van der Waals surface area contributed by atoms with Crippen LogP contribution in [0, 0.1) is 5.92 Å². The van der Waals surface area contributed by atoms with Gasteiger partial charge in [-0.3, -0.25) is 4.79 Å². The van der Waals surface area contributed by atoms with Gasteiger partial charge in [0.1, 0.15) is 17.3 Å². The van der Waals surface area contributed by atoms with Gasteiger partial charge in [-0.25, -0.2) is 4.52 Å². The molecular weight excluding hydrogens is 328 g/mol. The third-order valence-corrected chi connectivity index (χ3v) is 5.09. The highest BCUT2D eigenvalue weighted by molar-refractivity contribution is 5.99. The van der Waals surface area contributed by atoms with E-state index in [-0.39, 0.29) is 18.1 Å². The Morgan fingerprint density at radius 2 is 1.96 bits per heavy atom. The molecule has 1 aliphatic rings. The van der Waals surface area contributed by atoms with Crippen LogP contribution in [0.1, 0.15) is 35.9 Å². The van der Waals surface area contributed by atoms with Crippen LogP contribution < -0.4 is 0 Å². The van der Waals surface area contributed by atoms with Crippen LogP contribution in [0.3, 0.4) is 0 Å². The van der Waals surface area contributed by atoms with E-state index in [9.17, 15) is 4.79 Å². The van der Waals surface area contributed by atoms with Crippen LogP contribution in [0.15, 0.2) is 48.9 Å². The molecule has 3 heterocycles. The van der Waals surface area contributed by atoms with E-state index in [4.69, 9.17) is 4.74 Å². The Hall–Kier alpha value is -2.60. The number of benzene rings is 1. The predicted molar refractivity (Wildman–Crippen MR) is 99.0 cm³/mol. The number of aromatic nitrogens is 3. The Bertz CT molecular complexity index is 912. The van der Waals surface area contributed by atoms with Crippen molar-refractivity contribution in [3.8, 4) is 0 Å². The van der Waals surface area contributed by atoms with Crippen molar-refractivity contribution >= 4 is 11.6 Å². The van der Waals surface area contributed by atoms with Gasteiger partial charge in [0.15, 0.2) is 0 Å². The van der Waals surface area contributed by atoms with E-state index in [0.29, 0.717) is 24.6 Å². The van der Waals surface area contributed by atoms with Gasteiger partial charge in [-0.1, -0.05) is 44.2 Å². The Labute approximate surface area is 153 Å². The average Bonchev–Trinajstić information content (AvgIpc) is 3.24. The van der Waals surface area contributed by atoms with Crippen LogP contribution >= 0.6 is 0 Å². The van der Waals surface area contributed by atoms with Crippen LogP contribution in [0.25, 0.3) is 5.65 Å². The van der Waals surface area contributed by atoms with Crippen LogP contribution in [0.4, 0.5) is 0 Å². The predicted octanol–water partition coefficient (Wildman–Crippen LogP) is 2.91. The topological polar surface area (TPSA) is 51.8 Å². The van der Waals surface area contributed by atoms with Crippen LogP contribution in [0.2, 0.25) is 0 Å². The molecule has 1 fully saturated rings. The molecule has 0 radical (unpaired) electrons. The molecule has 1 aliphatic heterocycles. The zero-order valence-electron chi connectivity index (χ0n) is 15.4. The summed E-state index contributed by atoms with van der Waals surface area (Å²) in [6.07, 6.45) is 5.32. The average molecular weight is 352 g/mol. The summed E-state index contributed by atoms with van der Waals surface area (Å²) in [6.45, 7) is 5.42. The van der Waals surface area contributed by atoms with Crippen molar-refractivity contribution in [1.82, 2.24) is 19.1 Å². The minimum atomic E-state index is -0.110. The molecule has 6 nitrogen and oxygen atoms in total. The Morgan fingerprint density at radius 3 is 2.69 bits per heavy atom. The van der Waals surface area contributed by atoms with E-state index in [1.165, 1.54) is 0 Å². The molecule has 6 heteroatoms. The lowest BCUT2D eigenvalue weighted by Gasteiger charge is -2.40. The summed E-state index contributed by atoms with van der Waals surface area (Å²) in [6, 6.07) is 10.1. The minimum Gasteiger partial charge on any atom is -0.366 e. The van der Waals surface area contributed by atoms with Gasteiger partial charge in [-0.2, -0.15) is 5.10 Å². The maximum atomic E-state index is 13.3. The Morgan fingerprint density at radius 1 is 1.19 bits per heavy atom. The van der Waals surface area contributed by atoms with Crippen molar-refractivity contribution in [3.05, 3.63) is 60.0 Å². The third-order valence-electron chi connectivity index (χ3n) is 5.09. The van der Waals surface area contributed by atoms with Crippen LogP contribution in [-0.4, -0.2) is 44.2 Å². The van der Waals surface area contributed by atoms with Gasteiger partial charge < -0.3 is 14.2 Å². The molecule has 0 spiro atoms. The second-order valence-electron chi connectivity index (χ2n) is 7.26. The van der Waals surface area contributed by atoms with Crippen LogP contribution in [-0.2, 0) is 11.8 Å². The van der Waals surface area contributed by atoms with E-state index in [2.05, 4.69) is 31.1 Å². The SMILES string of the molecule is CC(C)[C@H]1CN(C(=O)c2cnn3ccn(C)c23)C[C@@H](c2ccccc2)O1. The first-order chi connectivity index (χ1) is 12.5. The number of carbonyl (C=O) groups excluding carboxylic acids is 1. The molecule has 2 atom stereocenters. The van der Waals surface area contributed by atoms with Gasteiger partial charge in [-0.15, -0.1) is 0 Å². The lowest BCUT2D eigenvalue weighted by Crippen LogP contribution is -2.48. The summed E-state index contributed by atoms with van der Waals surface area (Å²) in [5.74, 6) is 0.343. The Kier molecular flexibility index (Phi) is 4.28. The van der Waals surface area contributed by atoms with Gasteiger partial charge in [-0.05, 0) is 11.5 Å². The molecule has 4 rings (SSSR count). The first-order valence-electron chi connectivity index (χ1n) is 9.03. The van der Waals surface area contributed by atoms with Gasteiger partial charge >= 0.3 is 0 Å². The number of rotatable bonds is 3.